The molecule has 23 heavy (non-hydrogen) atoms. The second kappa shape index (κ2) is 5.89. The predicted octanol–water partition coefficient (Wildman–Crippen LogP) is 3.78. The Kier molecular flexibility index (Phi) is 3.92. The summed E-state index contributed by atoms with van der Waals surface area (Å²) in [6.45, 7) is 1.36. The van der Waals surface area contributed by atoms with Crippen LogP contribution in [-0.2, 0) is 9.59 Å². The lowest BCUT2D eigenvalue weighted by Crippen LogP contribution is -2.31. The third-order valence-corrected chi connectivity index (χ3v) is 3.88. The van der Waals surface area contributed by atoms with E-state index in [1.54, 1.807) is 31.4 Å². The normalized spacial score (nSPS) is 15.0. The third kappa shape index (κ3) is 2.73. The maximum absolute atomic E-state index is 12.6. The van der Waals surface area contributed by atoms with Gasteiger partial charge in [0.25, 0.3) is 5.91 Å². The van der Waals surface area contributed by atoms with Crippen LogP contribution in [0.2, 0.25) is 5.02 Å². The lowest BCUT2D eigenvalue weighted by atomic mass is 10.0. The van der Waals surface area contributed by atoms with E-state index in [2.05, 4.69) is 0 Å². The summed E-state index contributed by atoms with van der Waals surface area (Å²) in [7, 11) is 1.59. The third-order valence-electron chi connectivity index (χ3n) is 3.64. The van der Waals surface area contributed by atoms with Gasteiger partial charge < -0.3 is 4.74 Å². The Bertz CT molecular complexity index is 842. The maximum Gasteiger partial charge on any atom is 0.265 e. The molecule has 2 aromatic rings. The van der Waals surface area contributed by atoms with Gasteiger partial charge in [-0.25, -0.2) is 4.90 Å². The van der Waals surface area contributed by atoms with Gasteiger partial charge in [0.2, 0.25) is 5.91 Å². The highest BCUT2D eigenvalue weighted by Crippen LogP contribution is 2.39. The molecule has 0 aliphatic carbocycles. The zero-order chi connectivity index (χ0) is 16.6. The molecule has 2 aromatic carbocycles. The first kappa shape index (κ1) is 15.3. The summed E-state index contributed by atoms with van der Waals surface area (Å²) in [5, 5.41) is 0.477. The smallest absolute Gasteiger partial charge is 0.265 e. The molecule has 5 heteroatoms. The molecule has 0 radical (unpaired) electrons. The molecule has 0 bridgehead atoms. The number of imide groups is 1. The molecule has 0 spiro atoms. The van der Waals surface area contributed by atoms with Crippen molar-refractivity contribution >= 4 is 40.8 Å². The molecule has 0 aromatic heterocycles. The number of carbonyl (C=O) groups is 2. The van der Waals surface area contributed by atoms with Crippen LogP contribution < -0.4 is 9.64 Å². The molecular weight excluding hydrogens is 314 g/mol. The summed E-state index contributed by atoms with van der Waals surface area (Å²) in [6.07, 6.45) is 1.75. The van der Waals surface area contributed by atoms with Gasteiger partial charge in [-0.15, -0.1) is 0 Å². The summed E-state index contributed by atoms with van der Waals surface area (Å²) in [5.74, 6) is 0.00898. The number of nitrogens with zero attached hydrogens (tertiary/aromatic N) is 1. The van der Waals surface area contributed by atoms with E-state index in [0.29, 0.717) is 27.6 Å². The van der Waals surface area contributed by atoms with E-state index >= 15 is 0 Å². The molecule has 1 aliphatic heterocycles. The van der Waals surface area contributed by atoms with Crippen molar-refractivity contribution in [3.63, 3.8) is 0 Å². The van der Waals surface area contributed by atoms with Crippen molar-refractivity contribution in [1.29, 1.82) is 0 Å². The minimum absolute atomic E-state index is 0.340. The van der Waals surface area contributed by atoms with Crippen LogP contribution in [0.5, 0.6) is 5.75 Å². The van der Waals surface area contributed by atoms with E-state index in [-0.39, 0.29) is 11.8 Å². The summed E-state index contributed by atoms with van der Waals surface area (Å²) < 4.78 is 5.19. The number of halogens is 1. The van der Waals surface area contributed by atoms with E-state index in [1.807, 2.05) is 24.3 Å². The highest BCUT2D eigenvalue weighted by Gasteiger charge is 2.35. The van der Waals surface area contributed by atoms with Crippen LogP contribution in [-0.4, -0.2) is 18.9 Å². The Hall–Kier alpha value is -2.59. The lowest BCUT2D eigenvalue weighted by molar-refractivity contribution is -0.122. The predicted molar refractivity (Wildman–Crippen MR) is 90.5 cm³/mol. The van der Waals surface area contributed by atoms with Crippen LogP contribution in [0.15, 0.2) is 42.5 Å². The highest BCUT2D eigenvalue weighted by molar-refractivity contribution is 6.42. The molecule has 1 heterocycles. The fourth-order valence-corrected chi connectivity index (χ4v) is 2.78. The monoisotopic (exact) mass is 327 g/mol. The van der Waals surface area contributed by atoms with Gasteiger partial charge >= 0.3 is 0 Å². The SMILES string of the molecule is COc1cccc(/C=C2/C(=O)N(C(C)=O)c3cc(Cl)ccc32)c1. The van der Waals surface area contributed by atoms with E-state index in [1.165, 1.54) is 6.92 Å². The van der Waals surface area contributed by atoms with Gasteiger partial charge in [-0.05, 0) is 35.9 Å². The number of carbonyl (C=O) groups excluding carboxylic acids is 2. The number of benzene rings is 2. The van der Waals surface area contributed by atoms with Crippen molar-refractivity contribution in [2.75, 3.05) is 12.0 Å². The fourth-order valence-electron chi connectivity index (χ4n) is 2.61. The van der Waals surface area contributed by atoms with Crippen LogP contribution in [0.4, 0.5) is 5.69 Å². The van der Waals surface area contributed by atoms with E-state index in [0.717, 1.165) is 10.5 Å². The zero-order valence-electron chi connectivity index (χ0n) is 12.7. The van der Waals surface area contributed by atoms with Crippen molar-refractivity contribution in [2.45, 2.75) is 6.92 Å². The van der Waals surface area contributed by atoms with Crippen molar-refractivity contribution in [3.8, 4) is 5.75 Å². The molecule has 4 nitrogen and oxygen atoms in total. The number of fused-ring (bicyclic) bond motifs is 1. The summed E-state index contributed by atoms with van der Waals surface area (Å²) in [4.78, 5) is 25.6. The molecule has 1 aliphatic rings. The largest absolute Gasteiger partial charge is 0.497 e. The molecule has 0 saturated heterocycles. The molecule has 0 N–H and O–H groups in total. The van der Waals surface area contributed by atoms with Gasteiger partial charge in [0.15, 0.2) is 0 Å². The van der Waals surface area contributed by atoms with Crippen molar-refractivity contribution in [3.05, 3.63) is 58.6 Å². The summed E-state index contributed by atoms with van der Waals surface area (Å²) in [5.41, 5.74) is 2.49. The Balaban J connectivity index is 2.15. The van der Waals surface area contributed by atoms with Crippen molar-refractivity contribution in [2.24, 2.45) is 0 Å². The molecule has 0 atom stereocenters. The minimum atomic E-state index is -0.349. The van der Waals surface area contributed by atoms with Crippen LogP contribution in [0, 0.1) is 0 Å². The summed E-state index contributed by atoms with van der Waals surface area (Å²) >= 11 is 6.00. The van der Waals surface area contributed by atoms with E-state index < -0.39 is 0 Å². The number of methoxy groups -OCH3 is 1. The molecule has 2 amide bonds. The number of ether oxygens (including phenoxy) is 1. The van der Waals surface area contributed by atoms with Crippen LogP contribution in [0.25, 0.3) is 11.6 Å². The highest BCUT2D eigenvalue weighted by atomic mass is 35.5. The van der Waals surface area contributed by atoms with Gasteiger partial charge in [0.1, 0.15) is 5.75 Å². The van der Waals surface area contributed by atoms with E-state index in [4.69, 9.17) is 16.3 Å². The molecular formula is C18H14ClNO3. The van der Waals surface area contributed by atoms with Crippen LogP contribution >= 0.6 is 11.6 Å². The first-order chi connectivity index (χ1) is 11.0. The number of amides is 2. The molecule has 0 fully saturated rings. The topological polar surface area (TPSA) is 46.6 Å². The first-order valence-corrected chi connectivity index (χ1v) is 7.40. The number of rotatable bonds is 2. The number of hydrogen-bond acceptors (Lipinski definition) is 3. The molecule has 0 unspecified atom stereocenters. The van der Waals surface area contributed by atoms with E-state index in [9.17, 15) is 9.59 Å². The van der Waals surface area contributed by atoms with Crippen LogP contribution in [0.3, 0.4) is 0 Å². The maximum atomic E-state index is 12.6. The Morgan fingerprint density at radius 3 is 2.70 bits per heavy atom. The van der Waals surface area contributed by atoms with Crippen molar-refractivity contribution in [1.82, 2.24) is 0 Å². The Labute approximate surface area is 138 Å². The van der Waals surface area contributed by atoms with Gasteiger partial charge in [-0.1, -0.05) is 29.8 Å². The molecule has 3 rings (SSSR count). The van der Waals surface area contributed by atoms with Crippen LogP contribution in [0.1, 0.15) is 18.1 Å². The average molecular weight is 328 g/mol. The lowest BCUT2D eigenvalue weighted by Gasteiger charge is -2.12. The Morgan fingerprint density at radius 1 is 1.22 bits per heavy atom. The number of anilines is 1. The zero-order valence-corrected chi connectivity index (χ0v) is 13.4. The Morgan fingerprint density at radius 2 is 2.00 bits per heavy atom. The van der Waals surface area contributed by atoms with Gasteiger partial charge in [0, 0.05) is 17.5 Å². The quantitative estimate of drug-likeness (QED) is 0.789. The first-order valence-electron chi connectivity index (χ1n) is 7.02. The second-order valence-corrected chi connectivity index (χ2v) is 5.59. The van der Waals surface area contributed by atoms with Gasteiger partial charge in [-0.3, -0.25) is 9.59 Å². The molecule has 0 saturated carbocycles. The second-order valence-electron chi connectivity index (χ2n) is 5.16. The minimum Gasteiger partial charge on any atom is -0.497 e. The standard InChI is InChI=1S/C18H14ClNO3/c1-11(21)20-17-10-13(19)6-7-15(17)16(18(20)22)9-12-4-3-5-14(8-12)23-2/h3-10H,1-2H3/b16-9+. The number of hydrogen-bond donors (Lipinski definition) is 0. The fraction of sp³-hybridized carbons (Fsp3) is 0.111. The summed E-state index contributed by atoms with van der Waals surface area (Å²) in [6, 6.07) is 12.5. The van der Waals surface area contributed by atoms with Gasteiger partial charge in [-0.2, -0.15) is 0 Å². The van der Waals surface area contributed by atoms with Crippen molar-refractivity contribution < 1.29 is 14.3 Å². The average Bonchev–Trinajstić information content (AvgIpc) is 2.79. The van der Waals surface area contributed by atoms with Gasteiger partial charge in [0.05, 0.1) is 18.4 Å². The molecule has 116 valence electrons.